The van der Waals surface area contributed by atoms with Crippen molar-refractivity contribution < 1.29 is 14.3 Å². The van der Waals surface area contributed by atoms with E-state index in [1.54, 1.807) is 7.05 Å². The first-order valence-corrected chi connectivity index (χ1v) is 10.2. The van der Waals surface area contributed by atoms with Crippen molar-refractivity contribution in [2.45, 2.75) is 51.7 Å². The molecule has 1 saturated heterocycles. The predicted octanol–water partition coefficient (Wildman–Crippen LogP) is 3.29. The van der Waals surface area contributed by atoms with Gasteiger partial charge in [-0.05, 0) is 43.4 Å². The second-order valence-corrected chi connectivity index (χ2v) is 6.91. The lowest BCUT2D eigenvalue weighted by Crippen LogP contribution is -2.37. The van der Waals surface area contributed by atoms with E-state index in [1.807, 2.05) is 31.2 Å². The van der Waals surface area contributed by atoms with Gasteiger partial charge >= 0.3 is 0 Å². The fraction of sp³-hybridized carbons (Fsp3) is 0.619. The summed E-state index contributed by atoms with van der Waals surface area (Å²) in [7, 11) is 1.76. The van der Waals surface area contributed by atoms with Crippen LogP contribution in [0.15, 0.2) is 29.3 Å². The lowest BCUT2D eigenvalue weighted by Gasteiger charge is -2.13. The normalized spacial score (nSPS) is 16.2. The molecule has 1 aromatic rings. The van der Waals surface area contributed by atoms with E-state index in [0.717, 1.165) is 62.7 Å². The van der Waals surface area contributed by atoms with Crippen molar-refractivity contribution in [3.8, 4) is 0 Å². The summed E-state index contributed by atoms with van der Waals surface area (Å²) < 4.78 is 11.2. The quantitative estimate of drug-likeness (QED) is 0.181. The highest BCUT2D eigenvalue weighted by Gasteiger charge is 2.14. The molecule has 1 aromatic carbocycles. The first-order valence-electron chi connectivity index (χ1n) is 10.2. The number of benzene rings is 1. The van der Waals surface area contributed by atoms with Gasteiger partial charge in [0.1, 0.15) is 0 Å². The van der Waals surface area contributed by atoms with Crippen LogP contribution in [0.25, 0.3) is 0 Å². The molecule has 0 saturated carbocycles. The van der Waals surface area contributed by atoms with E-state index in [1.165, 1.54) is 0 Å². The third kappa shape index (κ3) is 10.8. The SMILES string of the molecule is CCCC(=O)Nc1ccc(CNC(=NC)NCCCOCC2CCCO2)cc1.I. The van der Waals surface area contributed by atoms with Crippen LogP contribution in [-0.2, 0) is 20.8 Å². The minimum Gasteiger partial charge on any atom is -0.379 e. The average Bonchev–Trinajstić information content (AvgIpc) is 3.21. The Hall–Kier alpha value is -1.39. The second kappa shape index (κ2) is 15.4. The molecule has 1 heterocycles. The summed E-state index contributed by atoms with van der Waals surface area (Å²) in [5, 5.41) is 9.48. The van der Waals surface area contributed by atoms with Crippen LogP contribution >= 0.6 is 24.0 Å². The number of carbonyl (C=O) groups is 1. The molecule has 1 atom stereocenters. The van der Waals surface area contributed by atoms with Gasteiger partial charge < -0.3 is 25.4 Å². The lowest BCUT2D eigenvalue weighted by atomic mass is 10.2. The number of hydrogen-bond acceptors (Lipinski definition) is 4. The van der Waals surface area contributed by atoms with Crippen molar-refractivity contribution in [1.82, 2.24) is 10.6 Å². The highest BCUT2D eigenvalue weighted by Crippen LogP contribution is 2.12. The first kappa shape index (κ1) is 25.6. The molecule has 0 radical (unpaired) electrons. The Morgan fingerprint density at radius 1 is 1.28 bits per heavy atom. The Bertz CT molecular complexity index is 604. The number of nitrogens with one attached hydrogen (secondary N) is 3. The molecule has 0 aromatic heterocycles. The summed E-state index contributed by atoms with van der Waals surface area (Å²) in [6.45, 7) is 5.74. The molecular weight excluding hydrogens is 483 g/mol. The molecule has 1 fully saturated rings. The predicted molar refractivity (Wildman–Crippen MR) is 128 cm³/mol. The van der Waals surface area contributed by atoms with Crippen molar-refractivity contribution in [2.75, 3.05) is 38.7 Å². The van der Waals surface area contributed by atoms with E-state index in [4.69, 9.17) is 9.47 Å². The number of hydrogen-bond donors (Lipinski definition) is 3. The van der Waals surface area contributed by atoms with Crippen LogP contribution in [0.4, 0.5) is 5.69 Å². The molecule has 1 unspecified atom stereocenters. The van der Waals surface area contributed by atoms with E-state index in [-0.39, 0.29) is 36.0 Å². The van der Waals surface area contributed by atoms with Crippen molar-refractivity contribution in [2.24, 2.45) is 4.99 Å². The molecule has 1 amide bonds. The van der Waals surface area contributed by atoms with E-state index in [2.05, 4.69) is 20.9 Å². The Kier molecular flexibility index (Phi) is 13.7. The van der Waals surface area contributed by atoms with Gasteiger partial charge in [0.2, 0.25) is 5.91 Å². The van der Waals surface area contributed by atoms with Crippen molar-refractivity contribution in [1.29, 1.82) is 0 Å². The molecule has 29 heavy (non-hydrogen) atoms. The summed E-state index contributed by atoms with van der Waals surface area (Å²) >= 11 is 0. The van der Waals surface area contributed by atoms with Crippen LogP contribution in [0.2, 0.25) is 0 Å². The molecular formula is C21H35IN4O3. The van der Waals surface area contributed by atoms with Crippen molar-refractivity contribution >= 4 is 41.5 Å². The number of ether oxygens (including phenoxy) is 2. The van der Waals surface area contributed by atoms with Gasteiger partial charge in [0, 0.05) is 45.5 Å². The Morgan fingerprint density at radius 3 is 2.72 bits per heavy atom. The minimum atomic E-state index is 0. The molecule has 8 heteroatoms. The number of aliphatic imine (C=N–C) groups is 1. The van der Waals surface area contributed by atoms with E-state index in [9.17, 15) is 4.79 Å². The van der Waals surface area contributed by atoms with Gasteiger partial charge in [-0.25, -0.2) is 0 Å². The van der Waals surface area contributed by atoms with Crippen LogP contribution in [0, 0.1) is 0 Å². The van der Waals surface area contributed by atoms with Gasteiger partial charge in [-0.15, -0.1) is 24.0 Å². The monoisotopic (exact) mass is 518 g/mol. The summed E-state index contributed by atoms with van der Waals surface area (Å²) in [5.41, 5.74) is 1.95. The van der Waals surface area contributed by atoms with Gasteiger partial charge in [-0.1, -0.05) is 19.1 Å². The lowest BCUT2D eigenvalue weighted by molar-refractivity contribution is -0.116. The van der Waals surface area contributed by atoms with Gasteiger partial charge in [0.05, 0.1) is 12.7 Å². The van der Waals surface area contributed by atoms with Crippen molar-refractivity contribution in [3.05, 3.63) is 29.8 Å². The number of guanidine groups is 1. The summed E-state index contributed by atoms with van der Waals surface area (Å²) in [6.07, 6.45) is 4.86. The van der Waals surface area contributed by atoms with Crippen LogP contribution in [0.1, 0.15) is 44.6 Å². The van der Waals surface area contributed by atoms with Gasteiger partial charge in [0.25, 0.3) is 0 Å². The maximum atomic E-state index is 11.6. The summed E-state index contributed by atoms with van der Waals surface area (Å²) in [6, 6.07) is 7.85. The third-order valence-corrected chi connectivity index (χ3v) is 4.48. The van der Waals surface area contributed by atoms with Crippen LogP contribution < -0.4 is 16.0 Å². The molecule has 0 bridgehead atoms. The number of nitrogens with zero attached hydrogens (tertiary/aromatic N) is 1. The topological polar surface area (TPSA) is 84.0 Å². The van der Waals surface area contributed by atoms with E-state index in [0.29, 0.717) is 19.6 Å². The molecule has 0 aliphatic carbocycles. The summed E-state index contributed by atoms with van der Waals surface area (Å²) in [4.78, 5) is 15.9. The number of rotatable bonds is 11. The first-order chi connectivity index (χ1) is 13.7. The molecule has 164 valence electrons. The average molecular weight is 518 g/mol. The molecule has 3 N–H and O–H groups in total. The number of carbonyl (C=O) groups excluding carboxylic acids is 1. The standard InChI is InChI=1S/C21H34N4O3.HI/c1-3-6-20(26)25-18-10-8-17(9-11-18)15-24-21(22-2)23-12-5-13-27-16-19-7-4-14-28-19;/h8-11,19H,3-7,12-16H2,1-2H3,(H,25,26)(H2,22,23,24);1H. The van der Waals surface area contributed by atoms with Gasteiger partial charge in [-0.3, -0.25) is 9.79 Å². The van der Waals surface area contributed by atoms with Crippen LogP contribution in [0.5, 0.6) is 0 Å². The highest BCUT2D eigenvalue weighted by atomic mass is 127. The van der Waals surface area contributed by atoms with Crippen LogP contribution in [0.3, 0.4) is 0 Å². The summed E-state index contributed by atoms with van der Waals surface area (Å²) in [5.74, 6) is 0.817. The smallest absolute Gasteiger partial charge is 0.224 e. The van der Waals surface area contributed by atoms with Crippen LogP contribution in [-0.4, -0.2) is 51.4 Å². The third-order valence-electron chi connectivity index (χ3n) is 4.48. The molecule has 2 rings (SSSR count). The molecule has 1 aliphatic heterocycles. The molecule has 0 spiro atoms. The Balaban J connectivity index is 0.00000420. The molecule has 7 nitrogen and oxygen atoms in total. The fourth-order valence-corrected chi connectivity index (χ4v) is 2.93. The number of halogens is 1. The zero-order chi connectivity index (χ0) is 20.0. The van der Waals surface area contributed by atoms with Gasteiger partial charge in [0.15, 0.2) is 5.96 Å². The molecule has 1 aliphatic rings. The highest BCUT2D eigenvalue weighted by molar-refractivity contribution is 14.0. The maximum absolute atomic E-state index is 11.6. The largest absolute Gasteiger partial charge is 0.379 e. The minimum absolute atomic E-state index is 0. The van der Waals surface area contributed by atoms with E-state index >= 15 is 0 Å². The zero-order valence-electron chi connectivity index (χ0n) is 17.5. The second-order valence-electron chi connectivity index (χ2n) is 6.91. The van der Waals surface area contributed by atoms with Crippen molar-refractivity contribution in [3.63, 3.8) is 0 Å². The number of amides is 1. The van der Waals surface area contributed by atoms with E-state index < -0.39 is 0 Å². The Labute approximate surface area is 191 Å². The zero-order valence-corrected chi connectivity index (χ0v) is 19.9. The maximum Gasteiger partial charge on any atom is 0.224 e. The van der Waals surface area contributed by atoms with Gasteiger partial charge in [-0.2, -0.15) is 0 Å². The number of anilines is 1. The Morgan fingerprint density at radius 2 is 2.07 bits per heavy atom. The fourth-order valence-electron chi connectivity index (χ4n) is 2.93.